The summed E-state index contributed by atoms with van der Waals surface area (Å²) in [6.45, 7) is 0. The van der Waals surface area contributed by atoms with Crippen LogP contribution in [0.15, 0.2) is 206 Å². The fraction of sp³-hybridized carbons (Fsp3) is 0. The molecule has 262 valence electrons. The topological polar surface area (TPSA) is 17.3 Å². The molecular formula is C49H34N2P2Se2. The maximum atomic E-state index is 5.33. The van der Waals surface area contributed by atoms with Gasteiger partial charge in [-0.05, 0) is 0 Å². The van der Waals surface area contributed by atoms with Crippen LogP contribution < -0.4 is 31.8 Å². The van der Waals surface area contributed by atoms with Crippen molar-refractivity contribution in [3.8, 4) is 11.1 Å². The van der Waals surface area contributed by atoms with E-state index >= 15 is 0 Å². The minimum atomic E-state index is -2.08. The molecule has 6 heteroatoms. The standard InChI is InChI=1S/C49H34N2P2Se2/c54-52(37-15-5-1-6-16-37,38-17-7-2-8-18-38)41-28-25-35(26-29-41)36-27-31-44-43-23-13-14-24-45(43)49-50-46-32-30-42(34-48(46)51(49)47(44)33-36)53(55,39-19-9-3-10-20-39)40-21-11-4-12-22-40/h1-34H. The van der Waals surface area contributed by atoms with Gasteiger partial charge in [0.2, 0.25) is 0 Å². The average Bonchev–Trinajstić information content (AvgIpc) is 3.67. The van der Waals surface area contributed by atoms with E-state index in [2.05, 4.69) is 241 Å². The van der Waals surface area contributed by atoms with Crippen LogP contribution >= 0.6 is 11.0 Å². The molecule has 0 saturated carbocycles. The van der Waals surface area contributed by atoms with Gasteiger partial charge in [0.1, 0.15) is 0 Å². The van der Waals surface area contributed by atoms with E-state index in [9.17, 15) is 0 Å². The Morgan fingerprint density at radius 1 is 0.345 bits per heavy atom. The molecule has 0 saturated heterocycles. The molecule has 0 aliphatic heterocycles. The van der Waals surface area contributed by atoms with Gasteiger partial charge >= 0.3 is 338 Å². The Labute approximate surface area is 336 Å². The minimum absolute atomic E-state index is 0.980. The summed E-state index contributed by atoms with van der Waals surface area (Å²) in [5.74, 6) is 0. The van der Waals surface area contributed by atoms with Gasteiger partial charge in [0.05, 0.1) is 0 Å². The quantitative estimate of drug-likeness (QED) is 0.0888. The van der Waals surface area contributed by atoms with Crippen molar-refractivity contribution in [2.45, 2.75) is 0 Å². The van der Waals surface area contributed by atoms with Gasteiger partial charge in [0.25, 0.3) is 0 Å². The first-order chi connectivity index (χ1) is 27.0. The number of aromatic nitrogens is 2. The van der Waals surface area contributed by atoms with E-state index in [1.807, 2.05) is 0 Å². The van der Waals surface area contributed by atoms with Crippen LogP contribution in [0.25, 0.3) is 49.5 Å². The summed E-state index contributed by atoms with van der Waals surface area (Å²) >= 11 is 7.47. The number of nitrogens with zero attached hydrogens (tertiary/aromatic N) is 2. The number of pyridine rings is 1. The molecule has 0 N–H and O–H groups in total. The van der Waals surface area contributed by atoms with Crippen molar-refractivity contribution < 1.29 is 0 Å². The van der Waals surface area contributed by atoms with E-state index in [-0.39, 0.29) is 0 Å². The van der Waals surface area contributed by atoms with Crippen LogP contribution in [0.4, 0.5) is 0 Å². The third-order valence-corrected chi connectivity index (χ3v) is 24.8. The van der Waals surface area contributed by atoms with Crippen LogP contribution in [0.2, 0.25) is 0 Å². The molecule has 0 aliphatic rings. The molecule has 2 heterocycles. The molecule has 2 nitrogen and oxygen atoms in total. The summed E-state index contributed by atoms with van der Waals surface area (Å²) in [5.41, 5.74) is 2.56. The molecule has 0 bridgehead atoms. The van der Waals surface area contributed by atoms with Gasteiger partial charge in [-0.15, -0.1) is 0 Å². The first-order valence-electron chi connectivity index (χ1n) is 18.3. The summed E-state index contributed by atoms with van der Waals surface area (Å²) in [5, 5.41) is 11.5. The normalized spacial score (nSPS) is 12.1. The van der Waals surface area contributed by atoms with Crippen molar-refractivity contribution >= 4 is 111 Å². The van der Waals surface area contributed by atoms with Crippen molar-refractivity contribution in [3.05, 3.63) is 206 Å². The Bertz CT molecular complexity index is 3040. The van der Waals surface area contributed by atoms with Gasteiger partial charge in [-0.1, -0.05) is 0 Å². The molecule has 0 fully saturated rings. The SMILES string of the molecule is [Se]=P(c1ccccc1)(c1ccccc1)c1ccc(-c2ccc3c4ccccc4c4nc5ccc(P(=[Se])(c6ccccc6)c6ccccc6)cc5n4c3c2)cc1. The number of hydrogen-bond acceptors (Lipinski definition) is 1. The molecule has 0 amide bonds. The molecular weight excluding hydrogens is 836 g/mol. The van der Waals surface area contributed by atoms with Crippen molar-refractivity contribution in [1.82, 2.24) is 9.38 Å². The molecule has 0 unspecified atom stereocenters. The van der Waals surface area contributed by atoms with Gasteiger partial charge in [0, 0.05) is 0 Å². The van der Waals surface area contributed by atoms with E-state index in [0.29, 0.717) is 0 Å². The Kier molecular flexibility index (Phi) is 8.82. The fourth-order valence-corrected chi connectivity index (χ4v) is 17.9. The fourth-order valence-electron chi connectivity index (χ4n) is 8.03. The zero-order valence-corrected chi connectivity index (χ0v) is 35.0. The predicted molar refractivity (Wildman–Crippen MR) is 242 cm³/mol. The molecule has 10 aromatic rings. The zero-order chi connectivity index (χ0) is 37.0. The molecule has 0 spiro atoms. The van der Waals surface area contributed by atoms with Crippen molar-refractivity contribution in [1.29, 1.82) is 0 Å². The second-order valence-electron chi connectivity index (χ2n) is 13.8. The molecule has 10 rings (SSSR count). The van der Waals surface area contributed by atoms with Crippen LogP contribution in [0, 0.1) is 0 Å². The third-order valence-electron chi connectivity index (χ3n) is 10.7. The molecule has 8 aromatic carbocycles. The van der Waals surface area contributed by atoms with Gasteiger partial charge in [-0.2, -0.15) is 0 Å². The Balaban J connectivity index is 1.18. The van der Waals surface area contributed by atoms with Crippen molar-refractivity contribution in [3.63, 3.8) is 0 Å². The average molecular weight is 871 g/mol. The summed E-state index contributed by atoms with van der Waals surface area (Å²) in [7, 11) is 0. The monoisotopic (exact) mass is 872 g/mol. The molecule has 55 heavy (non-hydrogen) atoms. The summed E-state index contributed by atoms with van der Waals surface area (Å²) in [6, 6.07) is 75.4. The first-order valence-corrected chi connectivity index (χ1v) is 26.4. The summed E-state index contributed by atoms with van der Waals surface area (Å²) in [4.78, 5) is 5.33. The van der Waals surface area contributed by atoms with Crippen LogP contribution in [-0.4, -0.2) is 39.6 Å². The summed E-state index contributed by atoms with van der Waals surface area (Å²) < 4.78 is 2.40. The Hall–Kier alpha value is -4.87. The second kappa shape index (κ2) is 14.0. The zero-order valence-electron chi connectivity index (χ0n) is 29.7. The van der Waals surface area contributed by atoms with Crippen LogP contribution in [0.1, 0.15) is 0 Å². The van der Waals surface area contributed by atoms with Crippen LogP contribution in [0.5, 0.6) is 0 Å². The number of benzene rings is 8. The number of imidazole rings is 1. The van der Waals surface area contributed by atoms with Crippen molar-refractivity contribution in [2.75, 3.05) is 0 Å². The van der Waals surface area contributed by atoms with Gasteiger partial charge in [-0.25, -0.2) is 0 Å². The molecule has 2 aromatic heterocycles. The Morgan fingerprint density at radius 3 is 1.33 bits per heavy atom. The van der Waals surface area contributed by atoms with E-state index in [4.69, 9.17) is 4.98 Å². The van der Waals surface area contributed by atoms with Gasteiger partial charge in [-0.3, -0.25) is 0 Å². The molecule has 0 aliphatic carbocycles. The predicted octanol–water partition coefficient (Wildman–Crippen LogP) is 9.22. The third kappa shape index (κ3) is 5.72. The van der Waals surface area contributed by atoms with E-state index in [1.54, 1.807) is 0 Å². The second-order valence-corrected chi connectivity index (χ2v) is 26.3. The van der Waals surface area contributed by atoms with Crippen molar-refractivity contribution in [2.24, 2.45) is 0 Å². The summed E-state index contributed by atoms with van der Waals surface area (Å²) in [6.07, 6.45) is 0. The number of hydrogen-bond donors (Lipinski definition) is 0. The Morgan fingerprint density at radius 2 is 0.782 bits per heavy atom. The van der Waals surface area contributed by atoms with E-state index in [0.717, 1.165) is 27.6 Å². The van der Waals surface area contributed by atoms with E-state index in [1.165, 1.54) is 53.7 Å². The van der Waals surface area contributed by atoms with Gasteiger partial charge < -0.3 is 0 Å². The number of fused-ring (bicyclic) bond motifs is 8. The molecule has 0 atom stereocenters. The van der Waals surface area contributed by atoms with Gasteiger partial charge in [0.15, 0.2) is 0 Å². The maximum absolute atomic E-state index is 5.33. The molecule has 0 radical (unpaired) electrons. The van der Waals surface area contributed by atoms with Crippen LogP contribution in [-0.2, 0) is 0 Å². The number of rotatable bonds is 7. The first kappa shape index (κ1) is 34.6. The van der Waals surface area contributed by atoms with E-state index < -0.39 is 11.0 Å². The van der Waals surface area contributed by atoms with Crippen LogP contribution in [0.3, 0.4) is 0 Å².